The highest BCUT2D eigenvalue weighted by Gasteiger charge is 2.19. The Morgan fingerprint density at radius 3 is 2.68 bits per heavy atom. The average molecular weight is 456 g/mol. The van der Waals surface area contributed by atoms with Crippen LogP contribution in [0.2, 0.25) is 0 Å². The number of nitrogens with zero attached hydrogens (tertiary/aromatic N) is 4. The smallest absolute Gasteiger partial charge is 0.292 e. The molecule has 0 bridgehead atoms. The molecule has 34 heavy (non-hydrogen) atoms. The third kappa shape index (κ3) is 4.04. The molecule has 1 amide bonds. The largest absolute Gasteiger partial charge is 0.497 e. The predicted octanol–water partition coefficient (Wildman–Crippen LogP) is 2.66. The molecule has 0 aliphatic heterocycles. The van der Waals surface area contributed by atoms with Crippen molar-refractivity contribution < 1.29 is 19.1 Å². The number of Topliss-reactive ketones (excluding diaryl/α,β-unsaturated/α-hetero) is 1. The molecule has 10 nitrogen and oxygen atoms in total. The number of methoxy groups -OCH3 is 1. The number of ether oxygens (including phenoxy) is 2. The molecule has 2 aromatic carbocycles. The van der Waals surface area contributed by atoms with E-state index in [0.29, 0.717) is 28.3 Å². The first-order valence-electron chi connectivity index (χ1n) is 10.5. The lowest BCUT2D eigenvalue weighted by Gasteiger charge is -2.07. The number of rotatable bonds is 8. The second-order valence-electron chi connectivity index (χ2n) is 7.38. The lowest BCUT2D eigenvalue weighted by molar-refractivity contribution is -0.117. The molecule has 5 aromatic rings. The molecule has 0 aliphatic carbocycles. The number of amides is 1. The van der Waals surface area contributed by atoms with Gasteiger partial charge in [0.25, 0.3) is 11.7 Å². The van der Waals surface area contributed by atoms with Crippen molar-refractivity contribution in [3.8, 4) is 23.0 Å². The minimum atomic E-state index is -0.697. The maximum Gasteiger partial charge on any atom is 0.292 e. The van der Waals surface area contributed by atoms with Crippen LogP contribution in [-0.4, -0.2) is 56.7 Å². The molecule has 0 radical (unpaired) electrons. The zero-order chi connectivity index (χ0) is 23.5. The Morgan fingerprint density at radius 2 is 1.85 bits per heavy atom. The van der Waals surface area contributed by atoms with E-state index in [4.69, 9.17) is 9.47 Å². The summed E-state index contributed by atoms with van der Waals surface area (Å²) in [6, 6.07) is 18.1. The Labute approximate surface area is 193 Å². The van der Waals surface area contributed by atoms with Gasteiger partial charge >= 0.3 is 0 Å². The molecule has 0 saturated carbocycles. The summed E-state index contributed by atoms with van der Waals surface area (Å²) < 4.78 is 12.4. The van der Waals surface area contributed by atoms with Gasteiger partial charge < -0.3 is 19.8 Å². The highest BCUT2D eigenvalue weighted by Crippen LogP contribution is 2.22. The summed E-state index contributed by atoms with van der Waals surface area (Å²) in [6.45, 7) is 0.269. The van der Waals surface area contributed by atoms with Crippen LogP contribution in [0.3, 0.4) is 0 Å². The van der Waals surface area contributed by atoms with Gasteiger partial charge in [-0.05, 0) is 36.4 Å². The van der Waals surface area contributed by atoms with Gasteiger partial charge in [-0.15, -0.1) is 15.3 Å². The van der Waals surface area contributed by atoms with E-state index >= 15 is 0 Å². The summed E-state index contributed by atoms with van der Waals surface area (Å²) in [6.07, 6.45) is 1.54. The highest BCUT2D eigenvalue weighted by molar-refractivity contribution is 6.44. The second kappa shape index (κ2) is 9.02. The molecule has 3 aromatic heterocycles. The van der Waals surface area contributed by atoms with Gasteiger partial charge in [-0.25, -0.2) is 0 Å². The molecule has 0 fully saturated rings. The highest BCUT2D eigenvalue weighted by atomic mass is 16.5. The fourth-order valence-corrected chi connectivity index (χ4v) is 3.55. The number of aromatic nitrogens is 5. The molecule has 0 saturated heterocycles. The summed E-state index contributed by atoms with van der Waals surface area (Å²) in [4.78, 5) is 27.8. The number of para-hydroxylation sites is 1. The third-order valence-electron chi connectivity index (χ3n) is 5.26. The summed E-state index contributed by atoms with van der Waals surface area (Å²) in [5, 5.41) is 16.1. The Bertz CT molecular complexity index is 1490. The Morgan fingerprint density at radius 1 is 1.03 bits per heavy atom. The molecule has 5 rings (SSSR count). The van der Waals surface area contributed by atoms with Crippen LogP contribution in [0.15, 0.2) is 66.9 Å². The Balaban J connectivity index is 1.21. The number of fused-ring (bicyclic) bond motifs is 2. The quantitative estimate of drug-likeness (QED) is 0.209. The van der Waals surface area contributed by atoms with E-state index in [1.807, 2.05) is 42.5 Å². The van der Waals surface area contributed by atoms with E-state index in [1.54, 1.807) is 36.0 Å². The summed E-state index contributed by atoms with van der Waals surface area (Å²) in [7, 11) is 1.60. The second-order valence-corrected chi connectivity index (χ2v) is 7.38. The van der Waals surface area contributed by atoms with Crippen molar-refractivity contribution in [1.82, 2.24) is 30.1 Å². The number of H-pyrrole nitrogens is 1. The van der Waals surface area contributed by atoms with Crippen LogP contribution in [0.5, 0.6) is 11.6 Å². The molecule has 0 aliphatic rings. The van der Waals surface area contributed by atoms with E-state index in [-0.39, 0.29) is 13.2 Å². The van der Waals surface area contributed by atoms with E-state index in [2.05, 4.69) is 25.6 Å². The number of aromatic amines is 1. The first-order valence-corrected chi connectivity index (χ1v) is 10.5. The number of nitrogens with one attached hydrogen (secondary N) is 2. The fourth-order valence-electron chi connectivity index (χ4n) is 3.55. The van der Waals surface area contributed by atoms with Crippen molar-refractivity contribution in [1.29, 1.82) is 0 Å². The zero-order valence-corrected chi connectivity index (χ0v) is 18.2. The maximum absolute atomic E-state index is 12.5. The van der Waals surface area contributed by atoms with Crippen molar-refractivity contribution in [2.45, 2.75) is 0 Å². The zero-order valence-electron chi connectivity index (χ0n) is 18.2. The van der Waals surface area contributed by atoms with Crippen molar-refractivity contribution >= 4 is 28.2 Å². The molecule has 2 N–H and O–H groups in total. The van der Waals surface area contributed by atoms with Crippen LogP contribution in [0, 0.1) is 0 Å². The maximum atomic E-state index is 12.5. The van der Waals surface area contributed by atoms with Gasteiger partial charge in [0.1, 0.15) is 12.4 Å². The van der Waals surface area contributed by atoms with Crippen LogP contribution < -0.4 is 14.8 Å². The molecule has 0 spiro atoms. The molecule has 0 atom stereocenters. The van der Waals surface area contributed by atoms with Gasteiger partial charge in [0, 0.05) is 28.7 Å². The van der Waals surface area contributed by atoms with Gasteiger partial charge in [-0.2, -0.15) is 4.52 Å². The van der Waals surface area contributed by atoms with Crippen molar-refractivity contribution in [2.75, 3.05) is 20.3 Å². The summed E-state index contributed by atoms with van der Waals surface area (Å²) >= 11 is 0. The van der Waals surface area contributed by atoms with Crippen LogP contribution in [0.25, 0.3) is 27.9 Å². The first-order chi connectivity index (χ1) is 16.6. The van der Waals surface area contributed by atoms with Crippen LogP contribution in [0.1, 0.15) is 10.4 Å². The molecule has 10 heteroatoms. The van der Waals surface area contributed by atoms with Gasteiger partial charge in [0.2, 0.25) is 5.88 Å². The number of carbonyl (C=O) groups excluding carboxylic acids is 2. The third-order valence-corrected chi connectivity index (χ3v) is 5.26. The minimum Gasteiger partial charge on any atom is -0.497 e. The number of hydrogen-bond donors (Lipinski definition) is 2. The van der Waals surface area contributed by atoms with Gasteiger partial charge in [0.05, 0.1) is 19.2 Å². The number of ketones is 1. The minimum absolute atomic E-state index is 0.130. The van der Waals surface area contributed by atoms with Gasteiger partial charge in [0.15, 0.2) is 11.5 Å². The van der Waals surface area contributed by atoms with Crippen LogP contribution >= 0.6 is 0 Å². The van der Waals surface area contributed by atoms with Crippen LogP contribution in [-0.2, 0) is 4.79 Å². The summed E-state index contributed by atoms with van der Waals surface area (Å²) in [5.74, 6) is 0.322. The van der Waals surface area contributed by atoms with Crippen LogP contribution in [0.4, 0.5) is 0 Å². The average Bonchev–Trinajstić information content (AvgIpc) is 3.50. The summed E-state index contributed by atoms with van der Waals surface area (Å²) in [5.41, 5.74) is 2.52. The normalized spacial score (nSPS) is 11.0. The van der Waals surface area contributed by atoms with E-state index in [0.717, 1.165) is 16.8 Å². The number of benzene rings is 2. The number of hydrogen-bond acceptors (Lipinski definition) is 7. The first kappa shape index (κ1) is 21.1. The van der Waals surface area contributed by atoms with E-state index in [1.165, 1.54) is 0 Å². The predicted molar refractivity (Wildman–Crippen MR) is 124 cm³/mol. The molecule has 170 valence electrons. The molecule has 3 heterocycles. The lowest BCUT2D eigenvalue weighted by Crippen LogP contribution is -2.34. The Hall–Kier alpha value is -4.73. The topological polar surface area (TPSA) is 123 Å². The molecular formula is C24H20N6O4. The van der Waals surface area contributed by atoms with Crippen molar-refractivity contribution in [3.05, 3.63) is 72.4 Å². The van der Waals surface area contributed by atoms with Crippen molar-refractivity contribution in [2.24, 2.45) is 0 Å². The monoisotopic (exact) mass is 456 g/mol. The molecular weight excluding hydrogens is 436 g/mol. The van der Waals surface area contributed by atoms with E-state index < -0.39 is 11.7 Å². The van der Waals surface area contributed by atoms with E-state index in [9.17, 15) is 9.59 Å². The molecule has 0 unspecified atom stereocenters. The van der Waals surface area contributed by atoms with Gasteiger partial charge in [-0.3, -0.25) is 9.59 Å². The fraction of sp³-hybridized carbons (Fsp3) is 0.125. The Kier molecular flexibility index (Phi) is 5.61. The standard InChI is InChI=1S/C24H20N6O4/c1-33-16-8-6-15(7-9-16)23-28-27-20-10-11-21(29-30(20)23)34-13-12-25-24(32)22(31)18-14-26-19-5-3-2-4-17(18)19/h2-11,14,26H,12-13H2,1H3,(H,25,32). The number of carbonyl (C=O) groups is 2. The lowest BCUT2D eigenvalue weighted by atomic mass is 10.1. The van der Waals surface area contributed by atoms with Crippen molar-refractivity contribution in [3.63, 3.8) is 0 Å². The van der Waals surface area contributed by atoms with Gasteiger partial charge in [-0.1, -0.05) is 18.2 Å². The SMILES string of the molecule is COc1ccc(-c2nnc3ccc(OCCNC(=O)C(=O)c4c[nH]c5ccccc45)nn23)cc1.